The fourth-order valence-electron chi connectivity index (χ4n) is 2.05. The van der Waals surface area contributed by atoms with Crippen molar-refractivity contribution in [1.82, 2.24) is 10.2 Å². The van der Waals surface area contributed by atoms with Crippen LogP contribution in [-0.4, -0.2) is 22.3 Å². The zero-order valence-electron chi connectivity index (χ0n) is 9.05. The molecule has 96 valence electrons. The van der Waals surface area contributed by atoms with Gasteiger partial charge in [0.25, 0.3) is 0 Å². The maximum Gasteiger partial charge on any atom is 0.445 e. The number of aromatic nitrogens is 2. The number of anilines is 1. The average Bonchev–Trinajstić information content (AvgIpc) is 2.87. The van der Waals surface area contributed by atoms with E-state index in [-0.39, 0.29) is 10.7 Å². The SMILES string of the molecule is NCC1(Nc2nnc(C(F)(F)F)s2)CCCC1. The van der Waals surface area contributed by atoms with Gasteiger partial charge in [-0.25, -0.2) is 0 Å². The Labute approximate surface area is 100 Å². The van der Waals surface area contributed by atoms with E-state index in [0.29, 0.717) is 17.9 Å². The average molecular weight is 266 g/mol. The molecule has 0 spiro atoms. The number of nitrogens with two attached hydrogens (primary N) is 1. The Morgan fingerprint density at radius 3 is 2.41 bits per heavy atom. The highest BCUT2D eigenvalue weighted by Crippen LogP contribution is 2.36. The van der Waals surface area contributed by atoms with E-state index in [0.717, 1.165) is 25.7 Å². The highest BCUT2D eigenvalue weighted by Gasteiger charge is 2.37. The molecular weight excluding hydrogens is 253 g/mol. The van der Waals surface area contributed by atoms with Crippen LogP contribution < -0.4 is 11.1 Å². The van der Waals surface area contributed by atoms with Crippen molar-refractivity contribution in [2.24, 2.45) is 5.73 Å². The third-order valence-electron chi connectivity index (χ3n) is 2.99. The predicted octanol–water partition coefficient (Wildman–Crippen LogP) is 2.24. The molecule has 8 heteroatoms. The molecule has 1 aromatic rings. The van der Waals surface area contributed by atoms with E-state index < -0.39 is 11.2 Å². The lowest BCUT2D eigenvalue weighted by Crippen LogP contribution is -2.42. The molecule has 0 bridgehead atoms. The number of halogens is 3. The minimum Gasteiger partial charge on any atom is -0.353 e. The largest absolute Gasteiger partial charge is 0.445 e. The van der Waals surface area contributed by atoms with Crippen molar-refractivity contribution >= 4 is 16.5 Å². The van der Waals surface area contributed by atoms with Crippen molar-refractivity contribution in [2.75, 3.05) is 11.9 Å². The van der Waals surface area contributed by atoms with Crippen LogP contribution in [0, 0.1) is 0 Å². The molecule has 1 heterocycles. The van der Waals surface area contributed by atoms with Crippen molar-refractivity contribution in [1.29, 1.82) is 0 Å². The van der Waals surface area contributed by atoms with Gasteiger partial charge in [-0.15, -0.1) is 10.2 Å². The molecule has 0 aromatic carbocycles. The molecule has 0 aliphatic heterocycles. The smallest absolute Gasteiger partial charge is 0.353 e. The third-order valence-corrected chi connectivity index (χ3v) is 3.87. The van der Waals surface area contributed by atoms with Crippen LogP contribution in [0.5, 0.6) is 0 Å². The van der Waals surface area contributed by atoms with E-state index in [1.807, 2.05) is 0 Å². The first-order valence-corrected chi connectivity index (χ1v) is 6.16. The van der Waals surface area contributed by atoms with Gasteiger partial charge in [0.15, 0.2) is 0 Å². The number of hydrogen-bond acceptors (Lipinski definition) is 5. The Hall–Kier alpha value is -0.890. The molecule has 0 saturated heterocycles. The van der Waals surface area contributed by atoms with Crippen LogP contribution in [0.3, 0.4) is 0 Å². The van der Waals surface area contributed by atoms with E-state index in [9.17, 15) is 13.2 Å². The van der Waals surface area contributed by atoms with Gasteiger partial charge in [-0.3, -0.25) is 0 Å². The summed E-state index contributed by atoms with van der Waals surface area (Å²) in [4.78, 5) is 0. The standard InChI is InChI=1S/C9H13F3N4S/c10-9(11,12)6-15-16-7(17-6)14-8(5-13)3-1-2-4-8/h1-5,13H2,(H,14,16). The zero-order valence-corrected chi connectivity index (χ0v) is 9.87. The summed E-state index contributed by atoms with van der Waals surface area (Å²) in [6, 6.07) is 0. The second-order valence-corrected chi connectivity index (χ2v) is 5.20. The van der Waals surface area contributed by atoms with Crippen molar-refractivity contribution in [3.8, 4) is 0 Å². The number of hydrogen-bond donors (Lipinski definition) is 2. The van der Waals surface area contributed by atoms with Gasteiger partial charge in [-0.05, 0) is 12.8 Å². The first-order valence-electron chi connectivity index (χ1n) is 5.34. The van der Waals surface area contributed by atoms with E-state index in [4.69, 9.17) is 5.73 Å². The molecule has 1 fully saturated rings. The second-order valence-electron chi connectivity index (χ2n) is 4.23. The lowest BCUT2D eigenvalue weighted by Gasteiger charge is -2.27. The molecular formula is C9H13F3N4S. The van der Waals surface area contributed by atoms with Gasteiger partial charge in [0.2, 0.25) is 10.1 Å². The summed E-state index contributed by atoms with van der Waals surface area (Å²) < 4.78 is 37.0. The number of rotatable bonds is 3. The third kappa shape index (κ3) is 2.68. The van der Waals surface area contributed by atoms with Crippen LogP contribution in [-0.2, 0) is 6.18 Å². The van der Waals surface area contributed by atoms with Gasteiger partial charge in [0, 0.05) is 6.54 Å². The van der Waals surface area contributed by atoms with Crippen LogP contribution in [0.4, 0.5) is 18.3 Å². The maximum absolute atomic E-state index is 12.3. The van der Waals surface area contributed by atoms with E-state index in [1.165, 1.54) is 0 Å². The van der Waals surface area contributed by atoms with Gasteiger partial charge in [-0.1, -0.05) is 24.2 Å². The van der Waals surface area contributed by atoms with E-state index >= 15 is 0 Å². The lowest BCUT2D eigenvalue weighted by molar-refractivity contribution is -0.138. The first-order chi connectivity index (χ1) is 7.95. The van der Waals surface area contributed by atoms with Gasteiger partial charge in [0.1, 0.15) is 0 Å². The molecule has 1 aliphatic rings. The van der Waals surface area contributed by atoms with Gasteiger partial charge < -0.3 is 11.1 Å². The van der Waals surface area contributed by atoms with E-state index in [1.54, 1.807) is 0 Å². The molecule has 0 atom stereocenters. The van der Waals surface area contributed by atoms with Gasteiger partial charge in [0.05, 0.1) is 5.54 Å². The Balaban J connectivity index is 2.11. The fourth-order valence-corrected chi connectivity index (χ4v) is 2.78. The molecule has 1 aromatic heterocycles. The maximum atomic E-state index is 12.3. The Morgan fingerprint density at radius 1 is 1.29 bits per heavy atom. The summed E-state index contributed by atoms with van der Waals surface area (Å²) >= 11 is 0.527. The summed E-state index contributed by atoms with van der Waals surface area (Å²) in [5, 5.41) is 8.95. The Morgan fingerprint density at radius 2 is 1.94 bits per heavy atom. The first kappa shape index (κ1) is 12.6. The molecule has 0 unspecified atom stereocenters. The molecule has 0 amide bonds. The normalized spacial score (nSPS) is 19.5. The quantitative estimate of drug-likeness (QED) is 0.880. The monoisotopic (exact) mass is 266 g/mol. The van der Waals surface area contributed by atoms with Gasteiger partial charge in [-0.2, -0.15) is 13.2 Å². The van der Waals surface area contributed by atoms with Crippen LogP contribution in [0.2, 0.25) is 0 Å². The minimum absolute atomic E-state index is 0.199. The molecule has 3 N–H and O–H groups in total. The van der Waals surface area contributed by atoms with Crippen molar-refractivity contribution in [3.63, 3.8) is 0 Å². The van der Waals surface area contributed by atoms with Gasteiger partial charge >= 0.3 is 6.18 Å². The predicted molar refractivity (Wildman–Crippen MR) is 58.8 cm³/mol. The summed E-state index contributed by atoms with van der Waals surface area (Å²) in [6.07, 6.45) is -0.623. The molecule has 0 radical (unpaired) electrons. The zero-order chi connectivity index (χ0) is 12.5. The lowest BCUT2D eigenvalue weighted by atomic mass is 9.98. The summed E-state index contributed by atoms with van der Waals surface area (Å²) in [5.41, 5.74) is 5.38. The fraction of sp³-hybridized carbons (Fsp3) is 0.778. The molecule has 1 aliphatic carbocycles. The highest BCUT2D eigenvalue weighted by molar-refractivity contribution is 7.15. The van der Waals surface area contributed by atoms with E-state index in [2.05, 4.69) is 15.5 Å². The van der Waals surface area contributed by atoms with Crippen molar-refractivity contribution in [2.45, 2.75) is 37.4 Å². The summed E-state index contributed by atoms with van der Waals surface area (Å²) in [5.74, 6) is 0. The molecule has 2 rings (SSSR count). The van der Waals surface area contributed by atoms with Crippen molar-refractivity contribution < 1.29 is 13.2 Å². The van der Waals surface area contributed by atoms with Crippen LogP contribution in [0.15, 0.2) is 0 Å². The number of nitrogens with one attached hydrogen (secondary N) is 1. The summed E-state index contributed by atoms with van der Waals surface area (Å²) in [6.45, 7) is 0.397. The Kier molecular flexibility index (Phi) is 3.26. The summed E-state index contributed by atoms with van der Waals surface area (Å²) in [7, 11) is 0. The second kappa shape index (κ2) is 4.41. The minimum atomic E-state index is -4.43. The Bertz CT molecular complexity index is 384. The van der Waals surface area contributed by atoms with Crippen LogP contribution >= 0.6 is 11.3 Å². The van der Waals surface area contributed by atoms with Crippen LogP contribution in [0.25, 0.3) is 0 Å². The number of alkyl halides is 3. The highest BCUT2D eigenvalue weighted by atomic mass is 32.1. The molecule has 4 nitrogen and oxygen atoms in total. The molecule has 1 saturated carbocycles. The molecule has 17 heavy (non-hydrogen) atoms. The number of nitrogens with zero attached hydrogens (tertiary/aromatic N) is 2. The van der Waals surface area contributed by atoms with Crippen molar-refractivity contribution in [3.05, 3.63) is 5.01 Å². The van der Waals surface area contributed by atoms with Crippen LogP contribution in [0.1, 0.15) is 30.7 Å². The topological polar surface area (TPSA) is 63.8 Å².